The van der Waals surface area contributed by atoms with Crippen molar-refractivity contribution in [3.63, 3.8) is 0 Å². The van der Waals surface area contributed by atoms with Gasteiger partial charge in [-0.3, -0.25) is 0 Å². The number of nitrogens with zero attached hydrogens (tertiary/aromatic N) is 1. The van der Waals surface area contributed by atoms with Gasteiger partial charge in [-0.2, -0.15) is 0 Å². The SMILES string of the molecule is Cc1ccc(N(C)C2(CN)CCCCC2C(C)C)c(C)c1. The van der Waals surface area contributed by atoms with E-state index in [0.717, 1.165) is 6.54 Å². The Morgan fingerprint density at radius 1 is 1.29 bits per heavy atom. The molecular weight excluding hydrogens is 256 g/mol. The molecule has 2 rings (SSSR count). The predicted molar refractivity (Wildman–Crippen MR) is 92.9 cm³/mol. The molecule has 1 fully saturated rings. The molecule has 2 N–H and O–H groups in total. The molecule has 0 bridgehead atoms. The molecule has 21 heavy (non-hydrogen) atoms. The van der Waals surface area contributed by atoms with E-state index in [2.05, 4.69) is 57.8 Å². The molecule has 118 valence electrons. The van der Waals surface area contributed by atoms with Crippen molar-refractivity contribution in [1.82, 2.24) is 0 Å². The molecule has 1 aromatic rings. The summed E-state index contributed by atoms with van der Waals surface area (Å²) in [5, 5.41) is 0. The van der Waals surface area contributed by atoms with Crippen LogP contribution in [-0.2, 0) is 0 Å². The van der Waals surface area contributed by atoms with Gasteiger partial charge in [0.05, 0.1) is 5.54 Å². The highest BCUT2D eigenvalue weighted by molar-refractivity contribution is 5.56. The zero-order chi connectivity index (χ0) is 15.6. The summed E-state index contributed by atoms with van der Waals surface area (Å²) in [7, 11) is 2.26. The van der Waals surface area contributed by atoms with E-state index in [1.807, 2.05) is 0 Å². The number of aryl methyl sites for hydroxylation is 2. The largest absolute Gasteiger partial charge is 0.367 e. The maximum absolute atomic E-state index is 6.34. The molecule has 1 aromatic carbocycles. The summed E-state index contributed by atoms with van der Waals surface area (Å²) in [5.41, 5.74) is 10.5. The molecule has 2 unspecified atom stereocenters. The average molecular weight is 288 g/mol. The molecule has 0 aromatic heterocycles. The highest BCUT2D eigenvalue weighted by atomic mass is 15.2. The zero-order valence-electron chi connectivity index (χ0n) is 14.4. The highest BCUT2D eigenvalue weighted by Gasteiger charge is 2.44. The lowest BCUT2D eigenvalue weighted by Gasteiger charge is -2.52. The minimum atomic E-state index is 0.117. The van der Waals surface area contributed by atoms with Gasteiger partial charge in [0.1, 0.15) is 0 Å². The number of benzene rings is 1. The van der Waals surface area contributed by atoms with Crippen LogP contribution in [0.25, 0.3) is 0 Å². The Bertz CT molecular complexity index is 480. The molecule has 0 spiro atoms. The standard InChI is InChI=1S/C19H32N2/c1-14(2)17-8-6-7-11-19(17,13-20)21(5)18-10-9-15(3)12-16(18)4/h9-10,12,14,17H,6-8,11,13,20H2,1-5H3. The van der Waals surface area contributed by atoms with Gasteiger partial charge in [0.2, 0.25) is 0 Å². The van der Waals surface area contributed by atoms with Gasteiger partial charge in [-0.15, -0.1) is 0 Å². The van der Waals surface area contributed by atoms with E-state index < -0.39 is 0 Å². The van der Waals surface area contributed by atoms with E-state index in [1.54, 1.807) is 0 Å². The molecule has 1 aliphatic rings. The third-order valence-electron chi connectivity index (χ3n) is 5.60. The van der Waals surface area contributed by atoms with Crippen LogP contribution in [0.3, 0.4) is 0 Å². The molecule has 0 aliphatic heterocycles. The van der Waals surface area contributed by atoms with Crippen LogP contribution in [-0.4, -0.2) is 19.1 Å². The van der Waals surface area contributed by atoms with Crippen molar-refractivity contribution in [2.75, 3.05) is 18.5 Å². The number of likely N-dealkylation sites (N-methyl/N-ethyl adjacent to an activating group) is 1. The van der Waals surface area contributed by atoms with Crippen LogP contribution in [0.2, 0.25) is 0 Å². The van der Waals surface area contributed by atoms with E-state index in [-0.39, 0.29) is 5.54 Å². The predicted octanol–water partition coefficient (Wildman–Crippen LogP) is 4.28. The van der Waals surface area contributed by atoms with Gasteiger partial charge in [0.25, 0.3) is 0 Å². The maximum Gasteiger partial charge on any atom is 0.0551 e. The van der Waals surface area contributed by atoms with Crippen molar-refractivity contribution in [3.8, 4) is 0 Å². The van der Waals surface area contributed by atoms with Crippen molar-refractivity contribution < 1.29 is 0 Å². The first kappa shape index (κ1) is 16.4. The van der Waals surface area contributed by atoms with Gasteiger partial charge in [0, 0.05) is 19.3 Å². The van der Waals surface area contributed by atoms with Crippen LogP contribution in [0.1, 0.15) is 50.7 Å². The molecule has 1 aliphatic carbocycles. The fourth-order valence-electron chi connectivity index (χ4n) is 4.43. The first-order valence-electron chi connectivity index (χ1n) is 8.43. The molecule has 0 heterocycles. The van der Waals surface area contributed by atoms with E-state index in [0.29, 0.717) is 11.8 Å². The van der Waals surface area contributed by atoms with Gasteiger partial charge >= 0.3 is 0 Å². The van der Waals surface area contributed by atoms with E-state index in [9.17, 15) is 0 Å². The Hall–Kier alpha value is -1.02. The Morgan fingerprint density at radius 3 is 2.57 bits per heavy atom. The Balaban J connectivity index is 2.42. The second-order valence-electron chi connectivity index (χ2n) is 7.25. The number of hydrogen-bond acceptors (Lipinski definition) is 2. The van der Waals surface area contributed by atoms with Crippen LogP contribution >= 0.6 is 0 Å². The second-order valence-corrected chi connectivity index (χ2v) is 7.25. The average Bonchev–Trinajstić information content (AvgIpc) is 2.46. The summed E-state index contributed by atoms with van der Waals surface area (Å²) < 4.78 is 0. The fourth-order valence-corrected chi connectivity index (χ4v) is 4.43. The number of anilines is 1. The topological polar surface area (TPSA) is 29.3 Å². The molecule has 1 saturated carbocycles. The second kappa shape index (κ2) is 6.39. The normalized spacial score (nSPS) is 26.1. The van der Waals surface area contributed by atoms with Crippen molar-refractivity contribution >= 4 is 5.69 Å². The van der Waals surface area contributed by atoms with Crippen molar-refractivity contribution in [3.05, 3.63) is 29.3 Å². The molecular formula is C19H32N2. The smallest absolute Gasteiger partial charge is 0.0551 e. The van der Waals surface area contributed by atoms with Crippen molar-refractivity contribution in [2.24, 2.45) is 17.6 Å². The van der Waals surface area contributed by atoms with Crippen LogP contribution in [0, 0.1) is 25.7 Å². The van der Waals surface area contributed by atoms with Crippen LogP contribution in [0.5, 0.6) is 0 Å². The summed E-state index contributed by atoms with van der Waals surface area (Å²) in [6.07, 6.45) is 5.18. The van der Waals surface area contributed by atoms with E-state index in [1.165, 1.54) is 42.5 Å². The summed E-state index contributed by atoms with van der Waals surface area (Å²) in [6, 6.07) is 6.77. The first-order chi connectivity index (χ1) is 9.92. The Morgan fingerprint density at radius 2 is 2.00 bits per heavy atom. The van der Waals surface area contributed by atoms with E-state index in [4.69, 9.17) is 5.73 Å². The number of rotatable bonds is 4. The summed E-state index contributed by atoms with van der Waals surface area (Å²) in [5.74, 6) is 1.36. The van der Waals surface area contributed by atoms with Crippen LogP contribution in [0.4, 0.5) is 5.69 Å². The van der Waals surface area contributed by atoms with Gasteiger partial charge in [0.15, 0.2) is 0 Å². The quantitative estimate of drug-likeness (QED) is 0.896. The van der Waals surface area contributed by atoms with Crippen molar-refractivity contribution in [1.29, 1.82) is 0 Å². The van der Waals surface area contributed by atoms with Gasteiger partial charge in [-0.1, -0.05) is 44.4 Å². The molecule has 0 radical (unpaired) electrons. The molecule has 2 atom stereocenters. The first-order valence-corrected chi connectivity index (χ1v) is 8.43. The van der Waals surface area contributed by atoms with Crippen LogP contribution in [0.15, 0.2) is 18.2 Å². The molecule has 0 amide bonds. The summed E-state index contributed by atoms with van der Waals surface area (Å²) in [6.45, 7) is 9.84. The zero-order valence-corrected chi connectivity index (χ0v) is 14.4. The van der Waals surface area contributed by atoms with Crippen molar-refractivity contribution in [2.45, 2.75) is 58.9 Å². The van der Waals surface area contributed by atoms with Gasteiger partial charge in [-0.05, 0) is 50.2 Å². The minimum Gasteiger partial charge on any atom is -0.367 e. The summed E-state index contributed by atoms with van der Waals surface area (Å²) >= 11 is 0. The third kappa shape index (κ3) is 2.96. The monoisotopic (exact) mass is 288 g/mol. The van der Waals surface area contributed by atoms with Gasteiger partial charge < -0.3 is 10.6 Å². The lowest BCUT2D eigenvalue weighted by atomic mass is 9.67. The lowest BCUT2D eigenvalue weighted by molar-refractivity contribution is 0.141. The Kier molecular flexibility index (Phi) is 4.98. The number of hydrogen-bond donors (Lipinski definition) is 1. The molecule has 2 heteroatoms. The third-order valence-corrected chi connectivity index (χ3v) is 5.60. The maximum atomic E-state index is 6.34. The number of nitrogens with two attached hydrogens (primary N) is 1. The van der Waals surface area contributed by atoms with Crippen LogP contribution < -0.4 is 10.6 Å². The fraction of sp³-hybridized carbons (Fsp3) is 0.684. The summed E-state index contributed by atoms with van der Waals surface area (Å²) in [4.78, 5) is 2.51. The minimum absolute atomic E-state index is 0.117. The van der Waals surface area contributed by atoms with Gasteiger partial charge in [-0.25, -0.2) is 0 Å². The molecule has 0 saturated heterocycles. The Labute approximate surface area is 130 Å². The highest BCUT2D eigenvalue weighted by Crippen LogP contribution is 2.43. The lowest BCUT2D eigenvalue weighted by Crippen LogP contribution is -2.60. The molecule has 2 nitrogen and oxygen atoms in total. The van der Waals surface area contributed by atoms with E-state index >= 15 is 0 Å².